The van der Waals surface area contributed by atoms with Crippen molar-refractivity contribution in [3.8, 4) is 22.8 Å². The molecule has 1 aliphatic heterocycles. The number of fused-ring (bicyclic) bond motifs is 1. The van der Waals surface area contributed by atoms with Crippen molar-refractivity contribution in [2.45, 2.75) is 12.1 Å². The normalized spacial score (nSPS) is 17.4. The summed E-state index contributed by atoms with van der Waals surface area (Å²) in [5.74, 6) is 0.893. The van der Waals surface area contributed by atoms with Gasteiger partial charge >= 0.3 is 0 Å². The van der Waals surface area contributed by atoms with Gasteiger partial charge in [-0.15, -0.1) is 0 Å². The lowest BCUT2D eigenvalue weighted by molar-refractivity contribution is -0.117. The standard InChI is InChI=1S/C23H22Cl2N4O5/c1-4-19(30)28-15-10-34-9-14(15)27-18-6-12-11(8-26-18)5-13(29-23(12)31)20-21(24)16(32-2)7-17(33-3)22(20)25/h4-8,14-15H,1,9-10H2,2-3H3,(H,26,27)(H,28,30)(H,29,31). The number of anilines is 1. The average Bonchev–Trinajstić information content (AvgIpc) is 3.26. The summed E-state index contributed by atoms with van der Waals surface area (Å²) in [6, 6.07) is 4.47. The summed E-state index contributed by atoms with van der Waals surface area (Å²) < 4.78 is 16.1. The van der Waals surface area contributed by atoms with Crippen molar-refractivity contribution in [2.75, 3.05) is 32.8 Å². The fourth-order valence-corrected chi connectivity index (χ4v) is 4.47. The van der Waals surface area contributed by atoms with Crippen molar-refractivity contribution in [3.05, 3.63) is 57.4 Å². The highest BCUT2D eigenvalue weighted by Crippen LogP contribution is 2.45. The molecule has 0 bridgehead atoms. The number of amides is 1. The topological polar surface area (TPSA) is 115 Å². The molecule has 3 N–H and O–H groups in total. The van der Waals surface area contributed by atoms with Crippen LogP contribution >= 0.6 is 23.2 Å². The van der Waals surface area contributed by atoms with Gasteiger partial charge < -0.3 is 29.8 Å². The number of nitrogens with one attached hydrogen (secondary N) is 3. The predicted molar refractivity (Wildman–Crippen MR) is 131 cm³/mol. The maximum absolute atomic E-state index is 13.0. The van der Waals surface area contributed by atoms with E-state index in [9.17, 15) is 9.59 Å². The highest BCUT2D eigenvalue weighted by molar-refractivity contribution is 6.41. The Morgan fingerprint density at radius 2 is 1.85 bits per heavy atom. The highest BCUT2D eigenvalue weighted by atomic mass is 35.5. The Bertz CT molecular complexity index is 1300. The van der Waals surface area contributed by atoms with Crippen LogP contribution in [0.15, 0.2) is 41.8 Å². The average molecular weight is 505 g/mol. The minimum Gasteiger partial charge on any atom is -0.495 e. The number of nitrogens with zero attached hydrogens (tertiary/aromatic N) is 1. The van der Waals surface area contributed by atoms with Crippen LogP contribution in [0.25, 0.3) is 22.0 Å². The predicted octanol–water partition coefficient (Wildman–Crippen LogP) is 3.40. The van der Waals surface area contributed by atoms with Gasteiger partial charge in [-0.1, -0.05) is 29.8 Å². The van der Waals surface area contributed by atoms with Crippen molar-refractivity contribution >= 4 is 45.7 Å². The summed E-state index contributed by atoms with van der Waals surface area (Å²) in [5.41, 5.74) is 0.416. The number of benzene rings is 1. The third-order valence-electron chi connectivity index (χ3n) is 5.50. The number of hydrogen-bond acceptors (Lipinski definition) is 7. The third-order valence-corrected chi connectivity index (χ3v) is 6.25. The van der Waals surface area contributed by atoms with Crippen LogP contribution in [0.1, 0.15) is 0 Å². The fraction of sp³-hybridized carbons (Fsp3) is 0.261. The van der Waals surface area contributed by atoms with Gasteiger partial charge in [-0.3, -0.25) is 9.59 Å². The molecular formula is C23H22Cl2N4O5. The molecule has 4 rings (SSSR count). The molecule has 2 aromatic heterocycles. The molecule has 2 atom stereocenters. The minimum atomic E-state index is -0.356. The van der Waals surface area contributed by atoms with Gasteiger partial charge in [0.25, 0.3) is 5.56 Å². The first-order valence-electron chi connectivity index (χ1n) is 10.3. The Labute approximate surface area is 205 Å². The second-order valence-corrected chi connectivity index (χ2v) is 8.32. The fourth-order valence-electron chi connectivity index (χ4n) is 3.76. The van der Waals surface area contributed by atoms with Crippen LogP contribution in [0, 0.1) is 0 Å². The van der Waals surface area contributed by atoms with E-state index in [-0.39, 0.29) is 33.6 Å². The molecule has 1 aromatic carbocycles. The molecule has 0 saturated carbocycles. The molecule has 2 unspecified atom stereocenters. The molecule has 3 aromatic rings. The van der Waals surface area contributed by atoms with Crippen LogP contribution in [0.3, 0.4) is 0 Å². The number of methoxy groups -OCH3 is 2. The molecule has 0 aliphatic carbocycles. The Morgan fingerprint density at radius 3 is 2.50 bits per heavy atom. The highest BCUT2D eigenvalue weighted by Gasteiger charge is 2.29. The summed E-state index contributed by atoms with van der Waals surface area (Å²) >= 11 is 13.0. The van der Waals surface area contributed by atoms with Gasteiger partial charge in [-0.25, -0.2) is 4.98 Å². The zero-order valence-electron chi connectivity index (χ0n) is 18.4. The number of hydrogen-bond donors (Lipinski definition) is 3. The second kappa shape index (κ2) is 9.92. The zero-order chi connectivity index (χ0) is 24.4. The third kappa shape index (κ3) is 4.54. The first-order chi connectivity index (χ1) is 16.4. The van der Waals surface area contributed by atoms with Crippen LogP contribution in [-0.2, 0) is 9.53 Å². The monoisotopic (exact) mass is 504 g/mol. The molecule has 0 radical (unpaired) electrons. The number of halogens is 2. The molecule has 1 amide bonds. The van der Waals surface area contributed by atoms with Gasteiger partial charge in [0.15, 0.2) is 0 Å². The number of carbonyl (C=O) groups is 1. The van der Waals surface area contributed by atoms with Crippen LogP contribution in [0.5, 0.6) is 11.5 Å². The molecule has 1 aliphatic rings. The van der Waals surface area contributed by atoms with Gasteiger partial charge in [0.2, 0.25) is 5.91 Å². The summed E-state index contributed by atoms with van der Waals surface area (Å²) in [6.45, 7) is 4.20. The smallest absolute Gasteiger partial charge is 0.256 e. The van der Waals surface area contributed by atoms with Crippen molar-refractivity contribution in [1.82, 2.24) is 15.3 Å². The molecular weight excluding hydrogens is 483 g/mol. The largest absolute Gasteiger partial charge is 0.495 e. The van der Waals surface area contributed by atoms with E-state index in [0.717, 1.165) is 0 Å². The van der Waals surface area contributed by atoms with Gasteiger partial charge in [-0.05, 0) is 18.2 Å². The van der Waals surface area contributed by atoms with Gasteiger partial charge in [0, 0.05) is 23.2 Å². The second-order valence-electron chi connectivity index (χ2n) is 7.56. The number of ether oxygens (including phenoxy) is 3. The molecule has 11 heteroatoms. The van der Waals surface area contributed by atoms with E-state index < -0.39 is 0 Å². The SMILES string of the molecule is C=CC(=O)NC1COCC1Nc1cc2c(=O)[nH]c(-c3c(Cl)c(OC)cc(OC)c3Cl)cc2cn1. The molecule has 1 fully saturated rings. The van der Waals surface area contributed by atoms with Crippen molar-refractivity contribution < 1.29 is 19.0 Å². The van der Waals surface area contributed by atoms with E-state index in [1.165, 1.54) is 20.3 Å². The summed E-state index contributed by atoms with van der Waals surface area (Å²) in [7, 11) is 2.95. The maximum Gasteiger partial charge on any atom is 0.256 e. The summed E-state index contributed by atoms with van der Waals surface area (Å²) in [5, 5.41) is 7.51. The summed E-state index contributed by atoms with van der Waals surface area (Å²) in [4.78, 5) is 31.9. The lowest BCUT2D eigenvalue weighted by Gasteiger charge is -2.20. The van der Waals surface area contributed by atoms with Crippen molar-refractivity contribution in [1.29, 1.82) is 0 Å². The van der Waals surface area contributed by atoms with E-state index in [4.69, 9.17) is 37.4 Å². The van der Waals surface area contributed by atoms with E-state index in [0.29, 0.717) is 52.6 Å². The van der Waals surface area contributed by atoms with E-state index in [1.807, 2.05) is 0 Å². The Kier molecular flexibility index (Phi) is 6.97. The molecule has 9 nitrogen and oxygen atoms in total. The Balaban J connectivity index is 1.69. The number of pyridine rings is 2. The number of rotatable bonds is 7. The first kappa shape index (κ1) is 23.9. The summed E-state index contributed by atoms with van der Waals surface area (Å²) in [6.07, 6.45) is 2.78. The van der Waals surface area contributed by atoms with Crippen LogP contribution < -0.4 is 25.7 Å². The zero-order valence-corrected chi connectivity index (χ0v) is 19.9. The van der Waals surface area contributed by atoms with Gasteiger partial charge in [0.05, 0.1) is 60.6 Å². The molecule has 3 heterocycles. The lowest BCUT2D eigenvalue weighted by Crippen LogP contribution is -2.45. The van der Waals surface area contributed by atoms with Crippen molar-refractivity contribution in [3.63, 3.8) is 0 Å². The van der Waals surface area contributed by atoms with Crippen LogP contribution in [-0.4, -0.2) is 55.4 Å². The number of H-pyrrole nitrogens is 1. The number of aromatic nitrogens is 2. The van der Waals surface area contributed by atoms with E-state index in [2.05, 4.69) is 27.2 Å². The van der Waals surface area contributed by atoms with Gasteiger partial charge in [-0.2, -0.15) is 0 Å². The molecule has 1 saturated heterocycles. The molecule has 178 valence electrons. The van der Waals surface area contributed by atoms with Crippen LogP contribution in [0.2, 0.25) is 10.0 Å². The maximum atomic E-state index is 13.0. The Hall–Kier alpha value is -3.27. The quantitative estimate of drug-likeness (QED) is 0.422. The first-order valence-corrected chi connectivity index (χ1v) is 11.0. The van der Waals surface area contributed by atoms with Crippen molar-refractivity contribution in [2.24, 2.45) is 0 Å². The molecule has 34 heavy (non-hydrogen) atoms. The van der Waals surface area contributed by atoms with Crippen LogP contribution in [0.4, 0.5) is 5.82 Å². The van der Waals surface area contributed by atoms with E-state index >= 15 is 0 Å². The van der Waals surface area contributed by atoms with Gasteiger partial charge in [0.1, 0.15) is 17.3 Å². The van der Waals surface area contributed by atoms with E-state index in [1.54, 1.807) is 24.4 Å². The lowest BCUT2D eigenvalue weighted by atomic mass is 10.1. The number of aromatic amines is 1. The Morgan fingerprint density at radius 1 is 1.18 bits per heavy atom. The minimum absolute atomic E-state index is 0.214. The number of carbonyl (C=O) groups excluding carboxylic acids is 1. The molecule has 0 spiro atoms.